The number of nitrogens with zero attached hydrogens (tertiary/aromatic N) is 1. The van der Waals surface area contributed by atoms with E-state index >= 15 is 0 Å². The minimum atomic E-state index is -3.42. The molecule has 8 heteroatoms. The molecular formula is C21H28N4O3S. The van der Waals surface area contributed by atoms with Crippen LogP contribution in [0.1, 0.15) is 24.0 Å². The molecule has 29 heavy (non-hydrogen) atoms. The van der Waals surface area contributed by atoms with Gasteiger partial charge < -0.3 is 15.4 Å². The van der Waals surface area contributed by atoms with Gasteiger partial charge in [0.15, 0.2) is 5.96 Å². The fourth-order valence-electron chi connectivity index (χ4n) is 2.77. The molecular weight excluding hydrogens is 388 g/mol. The van der Waals surface area contributed by atoms with Crippen LogP contribution in [0.3, 0.4) is 0 Å². The second-order valence-electron chi connectivity index (χ2n) is 6.99. The van der Waals surface area contributed by atoms with Crippen LogP contribution in [-0.2, 0) is 23.1 Å². The molecule has 0 amide bonds. The molecule has 3 N–H and O–H groups in total. The van der Waals surface area contributed by atoms with Crippen molar-refractivity contribution in [2.75, 3.05) is 20.7 Å². The first-order valence-electron chi connectivity index (χ1n) is 9.69. The van der Waals surface area contributed by atoms with E-state index in [0.717, 1.165) is 23.5 Å². The lowest BCUT2D eigenvalue weighted by molar-refractivity contribution is 0.296. The zero-order valence-electron chi connectivity index (χ0n) is 16.8. The van der Waals surface area contributed by atoms with Gasteiger partial charge in [-0.05, 0) is 49.6 Å². The largest absolute Gasteiger partial charge is 0.493 e. The van der Waals surface area contributed by atoms with Crippen LogP contribution < -0.4 is 20.1 Å². The van der Waals surface area contributed by atoms with E-state index in [9.17, 15) is 8.42 Å². The van der Waals surface area contributed by atoms with Gasteiger partial charge in [0.2, 0.25) is 10.0 Å². The van der Waals surface area contributed by atoms with Crippen molar-refractivity contribution in [1.29, 1.82) is 0 Å². The fourth-order valence-corrected chi connectivity index (χ4v) is 3.50. The van der Waals surface area contributed by atoms with Crippen LogP contribution in [0.2, 0.25) is 0 Å². The minimum absolute atomic E-state index is 0.245. The van der Waals surface area contributed by atoms with Crippen molar-refractivity contribution in [3.05, 3.63) is 59.7 Å². The topological polar surface area (TPSA) is 91.8 Å². The summed E-state index contributed by atoms with van der Waals surface area (Å²) in [6.45, 7) is 1.91. The maximum Gasteiger partial charge on any atom is 0.240 e. The average molecular weight is 417 g/mol. The van der Waals surface area contributed by atoms with E-state index in [-0.39, 0.29) is 4.90 Å². The molecule has 0 unspecified atom stereocenters. The Balaban J connectivity index is 1.52. The summed E-state index contributed by atoms with van der Waals surface area (Å²) in [4.78, 5) is 4.49. The monoisotopic (exact) mass is 416 g/mol. The van der Waals surface area contributed by atoms with Crippen LogP contribution in [-0.4, -0.2) is 35.1 Å². The second-order valence-corrected chi connectivity index (χ2v) is 8.88. The van der Waals surface area contributed by atoms with Gasteiger partial charge in [-0.15, -0.1) is 0 Å². The summed E-state index contributed by atoms with van der Waals surface area (Å²) in [7, 11) is -0.305. The van der Waals surface area contributed by atoms with Crippen molar-refractivity contribution in [2.24, 2.45) is 10.9 Å². The molecule has 1 fully saturated rings. The number of ether oxygens (including phenoxy) is 1. The first kappa shape index (κ1) is 21.1. The number of nitrogens with one attached hydrogen (secondary N) is 3. The van der Waals surface area contributed by atoms with Crippen molar-refractivity contribution in [1.82, 2.24) is 15.4 Å². The van der Waals surface area contributed by atoms with Gasteiger partial charge in [-0.2, -0.15) is 0 Å². The lowest BCUT2D eigenvalue weighted by Crippen LogP contribution is -2.36. The Kier molecular flexibility index (Phi) is 7.11. The van der Waals surface area contributed by atoms with E-state index in [1.807, 2.05) is 24.3 Å². The summed E-state index contributed by atoms with van der Waals surface area (Å²) in [6, 6.07) is 14.8. The van der Waals surface area contributed by atoms with Crippen LogP contribution in [0, 0.1) is 5.92 Å². The first-order valence-corrected chi connectivity index (χ1v) is 11.2. The van der Waals surface area contributed by atoms with Crippen LogP contribution >= 0.6 is 0 Å². The SMILES string of the molecule is CN=C(NCc1ccc(S(=O)(=O)NC)cc1)NCc1ccccc1OCC1CC1. The highest BCUT2D eigenvalue weighted by molar-refractivity contribution is 7.89. The minimum Gasteiger partial charge on any atom is -0.493 e. The molecule has 1 aliphatic rings. The molecule has 2 aromatic rings. The van der Waals surface area contributed by atoms with Gasteiger partial charge in [-0.3, -0.25) is 4.99 Å². The number of hydrogen-bond donors (Lipinski definition) is 3. The van der Waals surface area contributed by atoms with Crippen molar-refractivity contribution < 1.29 is 13.2 Å². The van der Waals surface area contributed by atoms with E-state index in [2.05, 4.69) is 20.3 Å². The highest BCUT2D eigenvalue weighted by atomic mass is 32.2. The normalized spacial score (nSPS) is 14.5. The molecule has 1 saturated carbocycles. The molecule has 0 heterocycles. The Morgan fingerprint density at radius 1 is 1.07 bits per heavy atom. The highest BCUT2D eigenvalue weighted by Gasteiger charge is 2.22. The molecule has 0 aromatic heterocycles. The molecule has 2 aromatic carbocycles. The van der Waals surface area contributed by atoms with Gasteiger partial charge >= 0.3 is 0 Å². The number of hydrogen-bond acceptors (Lipinski definition) is 4. The maximum atomic E-state index is 11.8. The lowest BCUT2D eigenvalue weighted by atomic mass is 10.2. The molecule has 0 aliphatic heterocycles. The zero-order chi connectivity index (χ0) is 20.7. The number of para-hydroxylation sites is 1. The average Bonchev–Trinajstić information content (AvgIpc) is 3.58. The Morgan fingerprint density at radius 2 is 1.76 bits per heavy atom. The maximum absolute atomic E-state index is 11.8. The molecule has 0 bridgehead atoms. The predicted molar refractivity (Wildman–Crippen MR) is 114 cm³/mol. The molecule has 3 rings (SSSR count). The summed E-state index contributed by atoms with van der Waals surface area (Å²) in [5.74, 6) is 2.28. The summed E-state index contributed by atoms with van der Waals surface area (Å²) < 4.78 is 31.8. The van der Waals surface area contributed by atoms with Gasteiger partial charge in [0.25, 0.3) is 0 Å². The van der Waals surface area contributed by atoms with Crippen LogP contribution in [0.15, 0.2) is 58.4 Å². The van der Waals surface area contributed by atoms with Crippen molar-refractivity contribution in [3.8, 4) is 5.75 Å². The zero-order valence-corrected chi connectivity index (χ0v) is 17.6. The predicted octanol–water partition coefficient (Wildman–Crippen LogP) is 2.25. The second kappa shape index (κ2) is 9.76. The Hall–Kier alpha value is -2.58. The summed E-state index contributed by atoms with van der Waals surface area (Å²) in [5.41, 5.74) is 2.04. The number of rotatable bonds is 9. The van der Waals surface area contributed by atoms with Crippen LogP contribution in [0.5, 0.6) is 5.75 Å². The molecule has 156 valence electrons. The number of aliphatic imine (C=N–C) groups is 1. The van der Waals surface area contributed by atoms with Gasteiger partial charge in [0, 0.05) is 25.7 Å². The standard InChI is InChI=1S/C21H28N4O3S/c1-22-21(24-13-16-9-11-19(12-10-16)29(26,27)23-2)25-14-18-5-3-4-6-20(18)28-15-17-7-8-17/h3-6,9-12,17,23H,7-8,13-15H2,1-2H3,(H2,22,24,25). The Labute approximate surface area is 172 Å². The third-order valence-electron chi connectivity index (χ3n) is 4.78. The highest BCUT2D eigenvalue weighted by Crippen LogP contribution is 2.30. The third-order valence-corrected chi connectivity index (χ3v) is 6.21. The van der Waals surface area contributed by atoms with Gasteiger partial charge in [-0.1, -0.05) is 30.3 Å². The fraction of sp³-hybridized carbons (Fsp3) is 0.381. The molecule has 0 saturated heterocycles. The lowest BCUT2D eigenvalue weighted by Gasteiger charge is -2.15. The molecule has 7 nitrogen and oxygen atoms in total. The Morgan fingerprint density at radius 3 is 2.41 bits per heavy atom. The van der Waals surface area contributed by atoms with E-state index in [0.29, 0.717) is 25.0 Å². The Bertz CT molecular complexity index is 939. The third kappa shape index (κ3) is 6.20. The van der Waals surface area contributed by atoms with Gasteiger partial charge in [0.1, 0.15) is 5.75 Å². The molecule has 0 spiro atoms. The summed E-state index contributed by atoms with van der Waals surface area (Å²) in [5, 5.41) is 6.54. The molecule has 0 atom stereocenters. The summed E-state index contributed by atoms with van der Waals surface area (Å²) in [6.07, 6.45) is 2.53. The van der Waals surface area contributed by atoms with E-state index < -0.39 is 10.0 Å². The number of sulfonamides is 1. The summed E-state index contributed by atoms with van der Waals surface area (Å²) >= 11 is 0. The molecule has 0 radical (unpaired) electrons. The van der Waals surface area contributed by atoms with E-state index in [1.165, 1.54) is 19.9 Å². The van der Waals surface area contributed by atoms with Crippen LogP contribution in [0.25, 0.3) is 0 Å². The molecule has 1 aliphatic carbocycles. The first-order chi connectivity index (χ1) is 14.0. The van der Waals surface area contributed by atoms with E-state index in [1.54, 1.807) is 31.3 Å². The van der Waals surface area contributed by atoms with E-state index in [4.69, 9.17) is 4.74 Å². The number of guanidine groups is 1. The quantitative estimate of drug-likeness (QED) is 0.431. The smallest absolute Gasteiger partial charge is 0.240 e. The van der Waals surface area contributed by atoms with Crippen molar-refractivity contribution in [3.63, 3.8) is 0 Å². The number of benzene rings is 2. The van der Waals surface area contributed by atoms with Crippen LogP contribution in [0.4, 0.5) is 0 Å². The van der Waals surface area contributed by atoms with Gasteiger partial charge in [-0.25, -0.2) is 13.1 Å². The van der Waals surface area contributed by atoms with Crippen molar-refractivity contribution in [2.45, 2.75) is 30.8 Å². The van der Waals surface area contributed by atoms with Crippen molar-refractivity contribution >= 4 is 16.0 Å². The van der Waals surface area contributed by atoms with Gasteiger partial charge in [0.05, 0.1) is 11.5 Å².